The van der Waals surface area contributed by atoms with Crippen molar-refractivity contribution < 1.29 is 9.90 Å². The average Bonchev–Trinajstić information content (AvgIpc) is 2.99. The van der Waals surface area contributed by atoms with Crippen LogP contribution in [0, 0.1) is 0 Å². The Morgan fingerprint density at radius 3 is 2.85 bits per heavy atom. The van der Waals surface area contributed by atoms with Gasteiger partial charge in [0, 0.05) is 23.9 Å². The lowest BCUT2D eigenvalue weighted by Crippen LogP contribution is -2.32. The molecule has 108 valence electrons. The van der Waals surface area contributed by atoms with Gasteiger partial charge in [-0.05, 0) is 0 Å². The first-order valence-corrected chi connectivity index (χ1v) is 7.15. The fourth-order valence-corrected chi connectivity index (χ4v) is 2.47. The minimum Gasteiger partial charge on any atom is -0.480 e. The molecule has 0 aliphatic heterocycles. The first-order chi connectivity index (χ1) is 9.45. The third-order valence-electron chi connectivity index (χ3n) is 2.72. The van der Waals surface area contributed by atoms with E-state index in [-0.39, 0.29) is 6.42 Å². The molecule has 7 nitrogen and oxygen atoms in total. The highest BCUT2D eigenvalue weighted by Crippen LogP contribution is 2.19. The van der Waals surface area contributed by atoms with E-state index in [1.165, 1.54) is 0 Å². The van der Waals surface area contributed by atoms with E-state index in [1.54, 1.807) is 22.2 Å². The molecule has 8 heteroatoms. The Hall–Kier alpha value is -1.80. The summed E-state index contributed by atoms with van der Waals surface area (Å²) in [5.41, 5.74) is 6.96. The molecule has 0 bridgehead atoms. The fourth-order valence-electron chi connectivity index (χ4n) is 1.65. The Balaban J connectivity index is 2.00. The summed E-state index contributed by atoms with van der Waals surface area (Å²) in [4.78, 5) is 15.2. The molecule has 0 saturated carbocycles. The molecule has 2 rings (SSSR count). The van der Waals surface area contributed by atoms with Crippen molar-refractivity contribution in [2.75, 3.05) is 0 Å². The smallest absolute Gasteiger partial charge is 0.320 e. The molecule has 2 aromatic rings. The van der Waals surface area contributed by atoms with Crippen LogP contribution in [0.15, 0.2) is 11.6 Å². The molecular formula is C12H17N5O2S. The van der Waals surface area contributed by atoms with Gasteiger partial charge in [-0.25, -0.2) is 9.67 Å². The zero-order chi connectivity index (χ0) is 14.7. The third kappa shape index (κ3) is 3.61. The van der Waals surface area contributed by atoms with Gasteiger partial charge in [0.15, 0.2) is 0 Å². The van der Waals surface area contributed by atoms with Crippen LogP contribution in [0.1, 0.15) is 36.2 Å². The van der Waals surface area contributed by atoms with Crippen LogP contribution in [0.5, 0.6) is 0 Å². The van der Waals surface area contributed by atoms with Crippen molar-refractivity contribution in [2.24, 2.45) is 5.73 Å². The van der Waals surface area contributed by atoms with Gasteiger partial charge in [0.25, 0.3) is 0 Å². The molecule has 0 saturated heterocycles. The minimum atomic E-state index is -1.04. The maximum Gasteiger partial charge on any atom is 0.320 e. The molecule has 20 heavy (non-hydrogen) atoms. The molecule has 0 fully saturated rings. The monoisotopic (exact) mass is 295 g/mol. The molecule has 2 aromatic heterocycles. The molecule has 0 aromatic carbocycles. The predicted octanol–water partition coefficient (Wildman–Crippen LogP) is 0.861. The Bertz CT molecular complexity index is 592. The zero-order valence-corrected chi connectivity index (χ0v) is 12.2. The van der Waals surface area contributed by atoms with Crippen molar-refractivity contribution in [3.63, 3.8) is 0 Å². The van der Waals surface area contributed by atoms with Crippen LogP contribution in [0.4, 0.5) is 0 Å². The van der Waals surface area contributed by atoms with Gasteiger partial charge in [0.1, 0.15) is 6.04 Å². The largest absolute Gasteiger partial charge is 0.480 e. The van der Waals surface area contributed by atoms with Crippen LogP contribution in [-0.4, -0.2) is 37.1 Å². The summed E-state index contributed by atoms with van der Waals surface area (Å²) in [5.74, 6) is -0.630. The van der Waals surface area contributed by atoms with E-state index in [4.69, 9.17) is 10.8 Å². The highest BCUT2D eigenvalue weighted by molar-refractivity contribution is 7.09. The number of aromatic nitrogens is 4. The van der Waals surface area contributed by atoms with E-state index in [0.29, 0.717) is 18.2 Å². The maximum absolute atomic E-state index is 10.7. The van der Waals surface area contributed by atoms with Gasteiger partial charge >= 0.3 is 5.97 Å². The van der Waals surface area contributed by atoms with E-state index >= 15 is 0 Å². The number of carbonyl (C=O) groups is 1. The van der Waals surface area contributed by atoms with E-state index < -0.39 is 12.0 Å². The van der Waals surface area contributed by atoms with Gasteiger partial charge in [-0.3, -0.25) is 4.79 Å². The maximum atomic E-state index is 10.7. The summed E-state index contributed by atoms with van der Waals surface area (Å²) < 4.78 is 1.64. The summed E-state index contributed by atoms with van der Waals surface area (Å²) in [6.07, 6.45) is 1.88. The lowest BCUT2D eigenvalue weighted by molar-refractivity contribution is -0.138. The van der Waals surface area contributed by atoms with E-state index in [9.17, 15) is 4.79 Å². The molecule has 1 atom stereocenters. The average molecular weight is 295 g/mol. The Labute approximate surface area is 120 Å². The molecule has 1 unspecified atom stereocenters. The van der Waals surface area contributed by atoms with Crippen LogP contribution in [0.25, 0.3) is 0 Å². The number of aliphatic carboxylic acids is 1. The predicted molar refractivity (Wildman–Crippen MR) is 74.6 cm³/mol. The minimum absolute atomic E-state index is 0.170. The normalized spacial score (nSPS) is 12.8. The molecule has 0 radical (unpaired) electrons. The van der Waals surface area contributed by atoms with Crippen molar-refractivity contribution >= 4 is 17.3 Å². The molecule has 0 amide bonds. The number of nitrogens with zero attached hydrogens (tertiary/aromatic N) is 4. The van der Waals surface area contributed by atoms with Crippen LogP contribution in [0.3, 0.4) is 0 Å². The van der Waals surface area contributed by atoms with Crippen molar-refractivity contribution in [3.8, 4) is 0 Å². The number of rotatable bonds is 6. The van der Waals surface area contributed by atoms with Crippen molar-refractivity contribution in [1.29, 1.82) is 0 Å². The molecular weight excluding hydrogens is 278 g/mol. The number of hydrogen-bond acceptors (Lipinski definition) is 6. The molecule has 0 spiro atoms. The molecule has 0 aliphatic carbocycles. The van der Waals surface area contributed by atoms with Gasteiger partial charge in [-0.15, -0.1) is 16.4 Å². The van der Waals surface area contributed by atoms with Crippen LogP contribution < -0.4 is 5.73 Å². The number of hydrogen-bond donors (Lipinski definition) is 2. The van der Waals surface area contributed by atoms with Gasteiger partial charge in [-0.2, -0.15) is 0 Å². The summed E-state index contributed by atoms with van der Waals surface area (Å²) in [6, 6.07) is -0.952. The molecule has 0 aliphatic rings. The number of carboxylic acid groups (broad SMARTS) is 1. The molecule has 2 heterocycles. The topological polar surface area (TPSA) is 107 Å². The van der Waals surface area contributed by atoms with E-state index in [0.717, 1.165) is 10.7 Å². The summed E-state index contributed by atoms with van der Waals surface area (Å²) >= 11 is 1.63. The van der Waals surface area contributed by atoms with Crippen molar-refractivity contribution in [3.05, 3.63) is 28.0 Å². The quantitative estimate of drug-likeness (QED) is 0.818. The number of nitrogens with two attached hydrogens (primary N) is 1. The zero-order valence-electron chi connectivity index (χ0n) is 11.4. The van der Waals surface area contributed by atoms with Gasteiger partial charge in [0.05, 0.1) is 22.9 Å². The first kappa shape index (κ1) is 14.6. The highest BCUT2D eigenvalue weighted by Gasteiger charge is 2.14. The van der Waals surface area contributed by atoms with Gasteiger partial charge < -0.3 is 10.8 Å². The van der Waals surface area contributed by atoms with Gasteiger partial charge in [0.2, 0.25) is 0 Å². The van der Waals surface area contributed by atoms with Crippen LogP contribution in [0.2, 0.25) is 0 Å². The summed E-state index contributed by atoms with van der Waals surface area (Å²) in [5, 5.41) is 19.7. The first-order valence-electron chi connectivity index (χ1n) is 6.27. The molecule has 3 N–H and O–H groups in total. The van der Waals surface area contributed by atoms with Gasteiger partial charge in [-0.1, -0.05) is 19.1 Å². The van der Waals surface area contributed by atoms with Crippen molar-refractivity contribution in [2.45, 2.75) is 38.8 Å². The highest BCUT2D eigenvalue weighted by atomic mass is 32.1. The second kappa shape index (κ2) is 6.10. The fraction of sp³-hybridized carbons (Fsp3) is 0.500. The standard InChI is InChI=1S/C12H17N5O2S/c1-7(2)11-14-9(6-20-11)5-17-4-8(15-16-17)3-10(13)12(18)19/h4,6-7,10H,3,5,13H2,1-2H3,(H,18,19). The summed E-state index contributed by atoms with van der Waals surface area (Å²) in [7, 11) is 0. The lowest BCUT2D eigenvalue weighted by Gasteiger charge is -2.01. The lowest BCUT2D eigenvalue weighted by atomic mass is 10.2. The summed E-state index contributed by atoms with van der Waals surface area (Å²) in [6.45, 7) is 4.73. The second-order valence-electron chi connectivity index (χ2n) is 4.89. The van der Waals surface area contributed by atoms with Crippen molar-refractivity contribution in [1.82, 2.24) is 20.0 Å². The third-order valence-corrected chi connectivity index (χ3v) is 3.91. The van der Waals surface area contributed by atoms with Crippen LogP contribution in [-0.2, 0) is 17.8 Å². The Morgan fingerprint density at radius 2 is 2.25 bits per heavy atom. The Kier molecular flexibility index (Phi) is 4.46. The Morgan fingerprint density at radius 1 is 1.50 bits per heavy atom. The van der Waals surface area contributed by atoms with E-state index in [2.05, 4.69) is 29.1 Å². The number of thiazole rings is 1. The number of carboxylic acids is 1. The SMILES string of the molecule is CC(C)c1nc(Cn2cc(CC(N)C(=O)O)nn2)cs1. The van der Waals surface area contributed by atoms with E-state index in [1.807, 2.05) is 5.38 Å². The second-order valence-corrected chi connectivity index (χ2v) is 5.78. The van der Waals surface area contributed by atoms with Crippen LogP contribution >= 0.6 is 11.3 Å².